The van der Waals surface area contributed by atoms with Crippen LogP contribution >= 0.6 is 11.3 Å². The minimum absolute atomic E-state index is 0.378. The van der Waals surface area contributed by atoms with Crippen molar-refractivity contribution < 1.29 is 14.3 Å². The highest BCUT2D eigenvalue weighted by Crippen LogP contribution is 2.29. The van der Waals surface area contributed by atoms with Crippen molar-refractivity contribution >= 4 is 17.3 Å². The number of carbonyl (C=O) groups excluding carboxylic acids is 1. The lowest BCUT2D eigenvalue weighted by Crippen LogP contribution is -2.01. The van der Waals surface area contributed by atoms with E-state index < -0.39 is 5.97 Å². The molecule has 0 fully saturated rings. The summed E-state index contributed by atoms with van der Waals surface area (Å²) in [6.07, 6.45) is 5.21. The van der Waals surface area contributed by atoms with Crippen molar-refractivity contribution in [2.45, 2.75) is 0 Å². The van der Waals surface area contributed by atoms with Crippen LogP contribution in [0.5, 0.6) is 5.75 Å². The number of esters is 1. The van der Waals surface area contributed by atoms with Crippen molar-refractivity contribution in [2.24, 2.45) is 0 Å². The second-order valence-electron chi connectivity index (χ2n) is 2.15. The number of rotatable bonds is 2. The third-order valence-corrected chi connectivity index (χ3v) is 2.38. The summed E-state index contributed by atoms with van der Waals surface area (Å²) >= 11 is 1.28. The molecule has 0 aromatic carbocycles. The van der Waals surface area contributed by atoms with E-state index in [1.54, 1.807) is 5.38 Å². The molecule has 68 valence electrons. The molecule has 13 heavy (non-hydrogen) atoms. The fraction of sp³-hybridized carbons (Fsp3) is 0.222. The van der Waals surface area contributed by atoms with E-state index in [1.165, 1.54) is 25.6 Å². The molecule has 1 aromatic heterocycles. The van der Waals surface area contributed by atoms with E-state index in [-0.39, 0.29) is 0 Å². The van der Waals surface area contributed by atoms with Crippen LogP contribution in [0.25, 0.3) is 0 Å². The molecule has 0 aliphatic rings. The summed E-state index contributed by atoms with van der Waals surface area (Å²) in [6.45, 7) is 0. The molecule has 0 radical (unpaired) electrons. The molecule has 0 bridgehead atoms. The molecule has 0 aliphatic heterocycles. The Morgan fingerprint density at radius 3 is 2.77 bits per heavy atom. The summed E-state index contributed by atoms with van der Waals surface area (Å²) in [6, 6.07) is 0. The van der Waals surface area contributed by atoms with Gasteiger partial charge in [0.1, 0.15) is 10.4 Å². The molecule has 0 saturated heterocycles. The third-order valence-electron chi connectivity index (χ3n) is 1.49. The number of hydrogen-bond acceptors (Lipinski definition) is 4. The van der Waals surface area contributed by atoms with Gasteiger partial charge in [-0.1, -0.05) is 5.92 Å². The number of terminal acetylenes is 1. The van der Waals surface area contributed by atoms with Gasteiger partial charge in [-0.05, 0) is 0 Å². The Hall–Kier alpha value is -1.47. The zero-order valence-corrected chi connectivity index (χ0v) is 8.10. The van der Waals surface area contributed by atoms with Gasteiger partial charge in [0.05, 0.1) is 14.2 Å². The first-order valence-electron chi connectivity index (χ1n) is 3.45. The summed E-state index contributed by atoms with van der Waals surface area (Å²) in [7, 11) is 2.78. The smallest absolute Gasteiger partial charge is 0.342 e. The maximum absolute atomic E-state index is 11.2. The first-order valence-corrected chi connectivity index (χ1v) is 4.33. The summed E-state index contributed by atoms with van der Waals surface area (Å²) in [5, 5.41) is 1.62. The lowest BCUT2D eigenvalue weighted by molar-refractivity contribution is 0.0598. The molecule has 4 heteroatoms. The SMILES string of the molecule is C#Cc1scc(C(=O)OC)c1OC. The average Bonchev–Trinajstić information content (AvgIpc) is 2.58. The number of carbonyl (C=O) groups is 1. The van der Waals surface area contributed by atoms with E-state index in [9.17, 15) is 4.79 Å². The van der Waals surface area contributed by atoms with Crippen LogP contribution in [-0.2, 0) is 4.74 Å². The zero-order valence-electron chi connectivity index (χ0n) is 7.29. The molecular formula is C9H8O3S. The first-order chi connectivity index (χ1) is 6.24. The second-order valence-corrected chi connectivity index (χ2v) is 3.03. The Bertz CT molecular complexity index is 359. The van der Waals surface area contributed by atoms with Crippen molar-refractivity contribution in [3.63, 3.8) is 0 Å². The lowest BCUT2D eigenvalue weighted by atomic mass is 10.3. The molecule has 0 atom stereocenters. The van der Waals surface area contributed by atoms with Crippen LogP contribution in [0.15, 0.2) is 5.38 Å². The number of ether oxygens (including phenoxy) is 2. The molecule has 3 nitrogen and oxygen atoms in total. The number of methoxy groups -OCH3 is 2. The van der Waals surface area contributed by atoms with Crippen LogP contribution in [-0.4, -0.2) is 20.2 Å². The van der Waals surface area contributed by atoms with Gasteiger partial charge in [-0.15, -0.1) is 17.8 Å². The summed E-state index contributed by atoms with van der Waals surface area (Å²) < 4.78 is 9.55. The highest BCUT2D eigenvalue weighted by atomic mass is 32.1. The number of thiophene rings is 1. The fourth-order valence-electron chi connectivity index (χ4n) is 0.900. The minimum Gasteiger partial charge on any atom is -0.494 e. The molecule has 0 N–H and O–H groups in total. The predicted molar refractivity (Wildman–Crippen MR) is 50.1 cm³/mol. The minimum atomic E-state index is -0.436. The Morgan fingerprint density at radius 2 is 2.31 bits per heavy atom. The van der Waals surface area contributed by atoms with Crippen LogP contribution < -0.4 is 4.74 Å². The molecular weight excluding hydrogens is 188 g/mol. The summed E-state index contributed by atoms with van der Waals surface area (Å²) in [5.41, 5.74) is 0.378. The normalized spacial score (nSPS) is 9.00. The van der Waals surface area contributed by atoms with Gasteiger partial charge in [0.2, 0.25) is 0 Å². The zero-order chi connectivity index (χ0) is 9.84. The van der Waals surface area contributed by atoms with Crippen molar-refractivity contribution in [3.05, 3.63) is 15.8 Å². The molecule has 0 saturated carbocycles. The van der Waals surface area contributed by atoms with Gasteiger partial charge in [-0.2, -0.15) is 0 Å². The maximum Gasteiger partial charge on any atom is 0.342 e. The van der Waals surface area contributed by atoms with Gasteiger partial charge in [0, 0.05) is 5.38 Å². The molecule has 1 aromatic rings. The molecule has 1 heterocycles. The average molecular weight is 196 g/mol. The first kappa shape index (κ1) is 9.62. The largest absolute Gasteiger partial charge is 0.494 e. The molecule has 0 aliphatic carbocycles. The van der Waals surface area contributed by atoms with Gasteiger partial charge in [-0.3, -0.25) is 0 Å². The van der Waals surface area contributed by atoms with Gasteiger partial charge in [-0.25, -0.2) is 4.79 Å². The van der Waals surface area contributed by atoms with Crippen LogP contribution in [0, 0.1) is 12.3 Å². The monoisotopic (exact) mass is 196 g/mol. The Labute approximate surface area is 80.3 Å². The van der Waals surface area contributed by atoms with E-state index in [2.05, 4.69) is 10.7 Å². The highest BCUT2D eigenvalue weighted by molar-refractivity contribution is 7.11. The van der Waals surface area contributed by atoms with E-state index in [0.717, 1.165) is 0 Å². The maximum atomic E-state index is 11.2. The van der Waals surface area contributed by atoms with E-state index in [4.69, 9.17) is 11.2 Å². The predicted octanol–water partition coefficient (Wildman–Crippen LogP) is 1.52. The highest BCUT2D eigenvalue weighted by Gasteiger charge is 2.17. The van der Waals surface area contributed by atoms with Crippen LogP contribution in [0.4, 0.5) is 0 Å². The van der Waals surface area contributed by atoms with Crippen molar-refractivity contribution in [1.82, 2.24) is 0 Å². The van der Waals surface area contributed by atoms with Crippen molar-refractivity contribution in [2.75, 3.05) is 14.2 Å². The Morgan fingerprint density at radius 1 is 1.62 bits per heavy atom. The third kappa shape index (κ3) is 1.65. The van der Waals surface area contributed by atoms with Crippen LogP contribution in [0.1, 0.15) is 15.2 Å². The van der Waals surface area contributed by atoms with E-state index >= 15 is 0 Å². The fourth-order valence-corrected chi connectivity index (χ4v) is 1.71. The molecule has 1 rings (SSSR count). The second kappa shape index (κ2) is 3.97. The Kier molecular flexibility index (Phi) is 2.93. The Balaban J connectivity index is 3.17. The van der Waals surface area contributed by atoms with Gasteiger partial charge in [0.15, 0.2) is 5.75 Å². The van der Waals surface area contributed by atoms with Crippen molar-refractivity contribution in [3.8, 4) is 18.1 Å². The molecule has 0 spiro atoms. The molecule has 0 unspecified atom stereocenters. The van der Waals surface area contributed by atoms with E-state index in [0.29, 0.717) is 16.2 Å². The summed E-state index contributed by atoms with van der Waals surface area (Å²) in [4.78, 5) is 11.8. The number of hydrogen-bond donors (Lipinski definition) is 0. The van der Waals surface area contributed by atoms with E-state index in [1.807, 2.05) is 0 Å². The molecule has 0 amide bonds. The van der Waals surface area contributed by atoms with Crippen molar-refractivity contribution in [1.29, 1.82) is 0 Å². The van der Waals surface area contributed by atoms with Gasteiger partial charge >= 0.3 is 5.97 Å². The quantitative estimate of drug-likeness (QED) is 0.531. The van der Waals surface area contributed by atoms with Crippen LogP contribution in [0.2, 0.25) is 0 Å². The van der Waals surface area contributed by atoms with Gasteiger partial charge in [0.25, 0.3) is 0 Å². The topological polar surface area (TPSA) is 35.5 Å². The van der Waals surface area contributed by atoms with Crippen LogP contribution in [0.3, 0.4) is 0 Å². The van der Waals surface area contributed by atoms with Gasteiger partial charge < -0.3 is 9.47 Å². The summed E-state index contributed by atoms with van der Waals surface area (Å²) in [5.74, 6) is 2.41. The lowest BCUT2D eigenvalue weighted by Gasteiger charge is -2.00. The standard InChI is InChI=1S/C9H8O3S/c1-4-7-8(11-2)6(5-13-7)9(10)12-3/h1,5H,2-3H3.